The van der Waals surface area contributed by atoms with E-state index in [0.717, 1.165) is 51.4 Å². The Bertz CT molecular complexity index is 432. The van der Waals surface area contributed by atoms with E-state index in [1.165, 1.54) is 38.5 Å². The molecule has 0 aromatic carbocycles. The number of unbranched alkanes of at least 4 members (excludes halogenated alkanes) is 6. The maximum Gasteiger partial charge on any atom is 0.129 e. The molecule has 3 saturated carbocycles. The number of hydrogen-bond donors (Lipinski definition) is 0. The summed E-state index contributed by atoms with van der Waals surface area (Å²) in [5, 5.41) is 0. The van der Waals surface area contributed by atoms with Crippen LogP contribution in [0.25, 0.3) is 0 Å². The molecule has 3 fully saturated rings. The van der Waals surface area contributed by atoms with E-state index in [1.807, 2.05) is 0 Å². The normalized spacial score (nSPS) is 38.8. The molecule has 3 aliphatic carbocycles. The Kier molecular flexibility index (Phi) is 10.4. The number of rotatable bonds is 12. The van der Waals surface area contributed by atoms with Gasteiger partial charge in [0.05, 0.1) is 12.2 Å². The molecule has 8 atom stereocenters. The molecule has 30 heavy (non-hydrogen) atoms. The van der Waals surface area contributed by atoms with E-state index in [4.69, 9.17) is 9.47 Å². The van der Waals surface area contributed by atoms with Crippen LogP contribution in [0.3, 0.4) is 0 Å². The van der Waals surface area contributed by atoms with Crippen molar-refractivity contribution in [2.75, 3.05) is 13.2 Å². The molecule has 2 nitrogen and oxygen atoms in total. The van der Waals surface area contributed by atoms with Crippen LogP contribution in [0.1, 0.15) is 104 Å². The second-order valence-corrected chi connectivity index (χ2v) is 10.2. The van der Waals surface area contributed by atoms with E-state index >= 15 is 8.78 Å². The van der Waals surface area contributed by atoms with Gasteiger partial charge < -0.3 is 9.47 Å². The molecule has 0 radical (unpaired) electrons. The van der Waals surface area contributed by atoms with E-state index in [1.54, 1.807) is 0 Å². The molecule has 0 saturated heterocycles. The van der Waals surface area contributed by atoms with Gasteiger partial charge in [-0.25, -0.2) is 8.78 Å². The first kappa shape index (κ1) is 24.4. The Labute approximate surface area is 183 Å². The molecule has 0 amide bonds. The molecule has 0 heterocycles. The highest BCUT2D eigenvalue weighted by atomic mass is 19.1. The largest absolute Gasteiger partial charge is 0.375 e. The molecule has 4 heteroatoms. The zero-order valence-electron chi connectivity index (χ0n) is 19.5. The minimum atomic E-state index is -0.860. The lowest BCUT2D eigenvalue weighted by Crippen LogP contribution is -2.53. The van der Waals surface area contributed by atoms with Gasteiger partial charge in [0.2, 0.25) is 0 Å². The highest BCUT2D eigenvalue weighted by molar-refractivity contribution is 5.01. The Balaban J connectivity index is 1.45. The zero-order chi connectivity index (χ0) is 21.3. The summed E-state index contributed by atoms with van der Waals surface area (Å²) in [4.78, 5) is 0. The second kappa shape index (κ2) is 12.7. The van der Waals surface area contributed by atoms with E-state index in [-0.39, 0.29) is 24.0 Å². The van der Waals surface area contributed by atoms with E-state index in [0.29, 0.717) is 25.0 Å². The van der Waals surface area contributed by atoms with E-state index < -0.39 is 12.3 Å². The van der Waals surface area contributed by atoms with Crippen molar-refractivity contribution < 1.29 is 18.3 Å². The van der Waals surface area contributed by atoms with Crippen LogP contribution in [0, 0.1) is 23.7 Å². The van der Waals surface area contributed by atoms with Crippen LogP contribution in [-0.4, -0.2) is 37.8 Å². The first-order chi connectivity index (χ1) is 14.7. The molecule has 0 aromatic rings. The fraction of sp³-hybridized carbons (Fsp3) is 1.00. The lowest BCUT2D eigenvalue weighted by Gasteiger charge is -2.52. The maximum atomic E-state index is 15.3. The molecule has 3 rings (SSSR count). The third-order valence-corrected chi connectivity index (χ3v) is 8.24. The van der Waals surface area contributed by atoms with Crippen LogP contribution in [0.2, 0.25) is 0 Å². The quantitative estimate of drug-likeness (QED) is 0.301. The van der Waals surface area contributed by atoms with Crippen LogP contribution >= 0.6 is 0 Å². The van der Waals surface area contributed by atoms with Crippen molar-refractivity contribution in [1.82, 2.24) is 0 Å². The van der Waals surface area contributed by atoms with Crippen LogP contribution in [-0.2, 0) is 9.47 Å². The Morgan fingerprint density at radius 1 is 0.533 bits per heavy atom. The molecule has 8 unspecified atom stereocenters. The summed E-state index contributed by atoms with van der Waals surface area (Å²) in [7, 11) is 0. The predicted octanol–water partition coefficient (Wildman–Crippen LogP) is 7.44. The van der Waals surface area contributed by atoms with Gasteiger partial charge in [0.1, 0.15) is 12.3 Å². The fourth-order valence-electron chi connectivity index (χ4n) is 6.56. The molecule has 0 N–H and O–H groups in total. The fourth-order valence-corrected chi connectivity index (χ4v) is 6.56. The van der Waals surface area contributed by atoms with Crippen molar-refractivity contribution in [3.05, 3.63) is 0 Å². The smallest absolute Gasteiger partial charge is 0.129 e. The standard InChI is InChI=1S/C26H46F2O2/c1-3-5-7-9-17-29-23-15-13-19-20-14-16-24(30-18-10-8-6-4-2)26(28)22(20)12-11-21(19)25(23)27/h19-26H,3-18H2,1-2H3. The molecular weight excluding hydrogens is 382 g/mol. The van der Waals surface area contributed by atoms with Gasteiger partial charge in [0.15, 0.2) is 0 Å². The first-order valence-corrected chi connectivity index (χ1v) is 13.2. The van der Waals surface area contributed by atoms with Gasteiger partial charge in [0.25, 0.3) is 0 Å². The predicted molar refractivity (Wildman–Crippen MR) is 119 cm³/mol. The third kappa shape index (κ3) is 6.18. The SMILES string of the molecule is CCCCCCOC1CCC2C(CCC3C(F)C(OCCCCCC)CCC32)C1F. The van der Waals surface area contributed by atoms with Crippen molar-refractivity contribution in [3.63, 3.8) is 0 Å². The van der Waals surface area contributed by atoms with Crippen molar-refractivity contribution in [2.45, 2.75) is 128 Å². The van der Waals surface area contributed by atoms with Gasteiger partial charge in [-0.1, -0.05) is 52.4 Å². The van der Waals surface area contributed by atoms with E-state index in [9.17, 15) is 0 Å². The molecule has 0 aromatic heterocycles. The van der Waals surface area contributed by atoms with Crippen LogP contribution in [0.15, 0.2) is 0 Å². The topological polar surface area (TPSA) is 18.5 Å². The minimum Gasteiger partial charge on any atom is -0.375 e. The van der Waals surface area contributed by atoms with Gasteiger partial charge >= 0.3 is 0 Å². The monoisotopic (exact) mass is 428 g/mol. The molecule has 0 spiro atoms. The van der Waals surface area contributed by atoms with Gasteiger partial charge in [0, 0.05) is 13.2 Å². The van der Waals surface area contributed by atoms with Crippen LogP contribution in [0.4, 0.5) is 8.78 Å². The Morgan fingerprint density at radius 2 is 0.933 bits per heavy atom. The summed E-state index contributed by atoms with van der Waals surface area (Å²) in [5.41, 5.74) is 0. The first-order valence-electron chi connectivity index (χ1n) is 13.2. The number of halogens is 2. The number of ether oxygens (including phenoxy) is 2. The lowest BCUT2D eigenvalue weighted by atomic mass is 9.56. The van der Waals surface area contributed by atoms with Gasteiger partial charge in [-0.05, 0) is 75.0 Å². The number of fused-ring (bicyclic) bond motifs is 3. The second-order valence-electron chi connectivity index (χ2n) is 10.2. The third-order valence-electron chi connectivity index (χ3n) is 8.24. The van der Waals surface area contributed by atoms with Gasteiger partial charge in [-0.15, -0.1) is 0 Å². The molecule has 0 bridgehead atoms. The average molecular weight is 429 g/mol. The number of alkyl halides is 2. The van der Waals surface area contributed by atoms with Gasteiger partial charge in [-0.3, -0.25) is 0 Å². The summed E-state index contributed by atoms with van der Waals surface area (Å²) in [6.45, 7) is 5.78. The van der Waals surface area contributed by atoms with Crippen molar-refractivity contribution >= 4 is 0 Å². The molecule has 3 aliphatic rings. The zero-order valence-corrected chi connectivity index (χ0v) is 19.5. The van der Waals surface area contributed by atoms with Crippen LogP contribution in [0.5, 0.6) is 0 Å². The summed E-state index contributed by atoms with van der Waals surface area (Å²) in [6, 6.07) is 0. The van der Waals surface area contributed by atoms with Crippen LogP contribution < -0.4 is 0 Å². The molecular formula is C26H46F2O2. The molecule has 176 valence electrons. The van der Waals surface area contributed by atoms with Crippen molar-refractivity contribution in [3.8, 4) is 0 Å². The Hall–Kier alpha value is -0.220. The average Bonchev–Trinajstić information content (AvgIpc) is 2.76. The summed E-state index contributed by atoms with van der Waals surface area (Å²) >= 11 is 0. The number of hydrogen-bond acceptors (Lipinski definition) is 2. The summed E-state index contributed by atoms with van der Waals surface area (Å²) < 4.78 is 42.6. The summed E-state index contributed by atoms with van der Waals surface area (Å²) in [6.07, 6.45) is 12.4. The summed E-state index contributed by atoms with van der Waals surface area (Å²) in [5.74, 6) is 0.864. The van der Waals surface area contributed by atoms with Crippen molar-refractivity contribution in [2.24, 2.45) is 23.7 Å². The minimum absolute atomic E-state index is 0.0827. The van der Waals surface area contributed by atoms with E-state index in [2.05, 4.69) is 13.8 Å². The van der Waals surface area contributed by atoms with Crippen molar-refractivity contribution in [1.29, 1.82) is 0 Å². The highest BCUT2D eigenvalue weighted by Crippen LogP contribution is 2.53. The maximum absolute atomic E-state index is 15.3. The lowest BCUT2D eigenvalue weighted by molar-refractivity contribution is -0.135. The van der Waals surface area contributed by atoms with Gasteiger partial charge in [-0.2, -0.15) is 0 Å². The Morgan fingerprint density at radius 3 is 1.33 bits per heavy atom. The highest BCUT2D eigenvalue weighted by Gasteiger charge is 2.52. The molecule has 0 aliphatic heterocycles.